The number of benzene rings is 1. The van der Waals surface area contributed by atoms with Crippen LogP contribution >= 0.6 is 15.9 Å². The zero-order valence-corrected chi connectivity index (χ0v) is 8.79. The van der Waals surface area contributed by atoms with E-state index in [0.717, 1.165) is 17.5 Å². The smallest absolute Gasteiger partial charge is 0.147 e. The molecule has 0 aromatic heterocycles. The topological polar surface area (TPSA) is 18.5 Å². The summed E-state index contributed by atoms with van der Waals surface area (Å²) in [6.07, 6.45) is 1.17. The van der Waals surface area contributed by atoms with Crippen molar-refractivity contribution < 1.29 is 9.47 Å². The molecule has 0 amide bonds. The lowest BCUT2D eigenvalue weighted by molar-refractivity contribution is 0.0470. The Labute approximate surface area is 86.0 Å². The highest BCUT2D eigenvalue weighted by atomic mass is 79.9. The monoisotopic (exact) mass is 242 g/mol. The minimum atomic E-state index is 0.237. The minimum Gasteiger partial charge on any atom is -0.353 e. The molecule has 1 saturated heterocycles. The Kier molecular flexibility index (Phi) is 2.98. The summed E-state index contributed by atoms with van der Waals surface area (Å²) in [7, 11) is 0. The maximum Gasteiger partial charge on any atom is 0.147 e. The van der Waals surface area contributed by atoms with Gasteiger partial charge in [-0.25, -0.2) is 0 Å². The summed E-state index contributed by atoms with van der Waals surface area (Å²) in [5.74, 6) is 0. The van der Waals surface area contributed by atoms with E-state index in [1.807, 2.05) is 12.1 Å². The fraction of sp³-hybridized carbons (Fsp3) is 0.400. The molecule has 0 radical (unpaired) electrons. The fourth-order valence-corrected chi connectivity index (χ4v) is 1.64. The largest absolute Gasteiger partial charge is 0.353 e. The van der Waals surface area contributed by atoms with E-state index in [1.165, 1.54) is 5.56 Å². The summed E-state index contributed by atoms with van der Waals surface area (Å²) in [5.41, 5.74) is 1.29. The lowest BCUT2D eigenvalue weighted by atomic mass is 10.1. The predicted molar refractivity (Wildman–Crippen MR) is 53.5 cm³/mol. The Balaban J connectivity index is 1.97. The molecule has 0 N–H and O–H groups in total. The van der Waals surface area contributed by atoms with Gasteiger partial charge in [0.25, 0.3) is 0 Å². The number of hydrogen-bond acceptors (Lipinski definition) is 2. The molecule has 3 heteroatoms. The van der Waals surface area contributed by atoms with Gasteiger partial charge in [-0.1, -0.05) is 28.1 Å². The van der Waals surface area contributed by atoms with Crippen molar-refractivity contribution in [3.8, 4) is 0 Å². The molecule has 1 aromatic carbocycles. The third-order valence-corrected chi connectivity index (χ3v) is 2.60. The van der Waals surface area contributed by atoms with Gasteiger partial charge >= 0.3 is 0 Å². The van der Waals surface area contributed by atoms with Gasteiger partial charge in [-0.2, -0.15) is 0 Å². The normalized spacial score (nSPS) is 22.1. The van der Waals surface area contributed by atoms with Gasteiger partial charge in [0.05, 0.1) is 12.7 Å². The summed E-state index contributed by atoms with van der Waals surface area (Å²) >= 11 is 3.40. The van der Waals surface area contributed by atoms with Gasteiger partial charge in [-0.05, 0) is 17.7 Å². The SMILES string of the molecule is Brc1ccc(CC2COCO2)cc1. The molecular formula is C10H11BrO2. The van der Waals surface area contributed by atoms with E-state index in [9.17, 15) is 0 Å². The molecule has 0 aliphatic carbocycles. The van der Waals surface area contributed by atoms with Crippen molar-refractivity contribution in [2.45, 2.75) is 12.5 Å². The lowest BCUT2D eigenvalue weighted by Gasteiger charge is -2.06. The highest BCUT2D eigenvalue weighted by Crippen LogP contribution is 2.14. The van der Waals surface area contributed by atoms with Crippen molar-refractivity contribution in [1.82, 2.24) is 0 Å². The van der Waals surface area contributed by atoms with Crippen LogP contribution < -0.4 is 0 Å². The Morgan fingerprint density at radius 1 is 1.31 bits per heavy atom. The quantitative estimate of drug-likeness (QED) is 0.793. The van der Waals surface area contributed by atoms with Crippen molar-refractivity contribution in [1.29, 1.82) is 0 Å². The molecule has 0 bridgehead atoms. The van der Waals surface area contributed by atoms with Gasteiger partial charge in [0.1, 0.15) is 6.79 Å². The standard InChI is InChI=1S/C10H11BrO2/c11-9-3-1-8(2-4-9)5-10-6-12-7-13-10/h1-4,10H,5-7H2. The van der Waals surface area contributed by atoms with Gasteiger partial charge in [0.2, 0.25) is 0 Å². The van der Waals surface area contributed by atoms with E-state index < -0.39 is 0 Å². The molecule has 1 aromatic rings. The summed E-state index contributed by atoms with van der Waals surface area (Å²) in [5, 5.41) is 0. The van der Waals surface area contributed by atoms with Crippen LogP contribution in [0.15, 0.2) is 28.7 Å². The van der Waals surface area contributed by atoms with Crippen LogP contribution in [0.2, 0.25) is 0 Å². The van der Waals surface area contributed by atoms with Gasteiger partial charge < -0.3 is 9.47 Å². The molecule has 1 atom stereocenters. The van der Waals surface area contributed by atoms with Gasteiger partial charge in [0, 0.05) is 10.9 Å². The Hall–Kier alpha value is -0.380. The molecule has 1 aliphatic heterocycles. The van der Waals surface area contributed by atoms with Gasteiger partial charge in [-0.3, -0.25) is 0 Å². The first kappa shape index (κ1) is 9.19. The molecule has 13 heavy (non-hydrogen) atoms. The lowest BCUT2D eigenvalue weighted by Crippen LogP contribution is -2.12. The summed E-state index contributed by atoms with van der Waals surface area (Å²) in [6, 6.07) is 8.30. The first-order valence-electron chi connectivity index (χ1n) is 4.28. The molecule has 2 rings (SSSR count). The third kappa shape index (κ3) is 2.53. The zero-order chi connectivity index (χ0) is 9.10. The first-order chi connectivity index (χ1) is 6.34. The molecule has 1 fully saturated rings. The highest BCUT2D eigenvalue weighted by molar-refractivity contribution is 9.10. The average Bonchev–Trinajstić information content (AvgIpc) is 2.62. The second kappa shape index (κ2) is 4.22. The number of halogens is 1. The maximum atomic E-state index is 5.35. The van der Waals surface area contributed by atoms with Crippen molar-refractivity contribution in [3.05, 3.63) is 34.3 Å². The molecule has 0 saturated carbocycles. The summed E-state index contributed by atoms with van der Waals surface area (Å²) in [4.78, 5) is 0. The molecule has 2 nitrogen and oxygen atoms in total. The van der Waals surface area contributed by atoms with Crippen LogP contribution in [-0.2, 0) is 15.9 Å². The van der Waals surface area contributed by atoms with E-state index in [2.05, 4.69) is 28.1 Å². The van der Waals surface area contributed by atoms with Crippen LogP contribution in [0.5, 0.6) is 0 Å². The van der Waals surface area contributed by atoms with Crippen LogP contribution in [0.3, 0.4) is 0 Å². The molecule has 70 valence electrons. The third-order valence-electron chi connectivity index (χ3n) is 2.07. The van der Waals surface area contributed by atoms with Crippen LogP contribution in [0.4, 0.5) is 0 Å². The van der Waals surface area contributed by atoms with Crippen LogP contribution in [0.25, 0.3) is 0 Å². The summed E-state index contributed by atoms with van der Waals surface area (Å²) in [6.45, 7) is 1.16. The predicted octanol–water partition coefficient (Wildman–Crippen LogP) is 2.36. The van der Waals surface area contributed by atoms with E-state index in [4.69, 9.17) is 9.47 Å². The van der Waals surface area contributed by atoms with E-state index >= 15 is 0 Å². The van der Waals surface area contributed by atoms with Crippen LogP contribution in [0.1, 0.15) is 5.56 Å². The molecule has 1 aliphatic rings. The average molecular weight is 243 g/mol. The molecule has 1 heterocycles. The van der Waals surface area contributed by atoms with Crippen molar-refractivity contribution in [3.63, 3.8) is 0 Å². The van der Waals surface area contributed by atoms with Crippen molar-refractivity contribution in [2.24, 2.45) is 0 Å². The first-order valence-corrected chi connectivity index (χ1v) is 5.08. The van der Waals surface area contributed by atoms with Crippen molar-refractivity contribution in [2.75, 3.05) is 13.4 Å². The number of rotatable bonds is 2. The Morgan fingerprint density at radius 2 is 2.08 bits per heavy atom. The second-order valence-electron chi connectivity index (χ2n) is 3.11. The van der Waals surface area contributed by atoms with E-state index in [-0.39, 0.29) is 6.10 Å². The number of hydrogen-bond donors (Lipinski definition) is 0. The van der Waals surface area contributed by atoms with Crippen LogP contribution in [0, 0.1) is 0 Å². The minimum absolute atomic E-state index is 0.237. The fourth-order valence-electron chi connectivity index (χ4n) is 1.37. The highest BCUT2D eigenvalue weighted by Gasteiger charge is 2.15. The number of ether oxygens (including phenoxy) is 2. The van der Waals surface area contributed by atoms with Gasteiger partial charge in [-0.15, -0.1) is 0 Å². The van der Waals surface area contributed by atoms with Crippen molar-refractivity contribution >= 4 is 15.9 Å². The maximum absolute atomic E-state index is 5.35. The summed E-state index contributed by atoms with van der Waals surface area (Å²) < 4.78 is 11.6. The molecular weight excluding hydrogens is 232 g/mol. The van der Waals surface area contributed by atoms with Crippen LogP contribution in [-0.4, -0.2) is 19.5 Å². The van der Waals surface area contributed by atoms with Gasteiger partial charge in [0.15, 0.2) is 0 Å². The molecule has 1 unspecified atom stereocenters. The van der Waals surface area contributed by atoms with E-state index in [0.29, 0.717) is 6.79 Å². The second-order valence-corrected chi connectivity index (χ2v) is 4.02. The molecule has 0 spiro atoms. The zero-order valence-electron chi connectivity index (χ0n) is 7.20. The Morgan fingerprint density at radius 3 is 2.69 bits per heavy atom. The Bertz CT molecular complexity index is 265. The van der Waals surface area contributed by atoms with E-state index in [1.54, 1.807) is 0 Å².